The zero-order chi connectivity index (χ0) is 19.3. The molecule has 0 atom stereocenters. The lowest BCUT2D eigenvalue weighted by atomic mass is 10.0. The molecule has 0 radical (unpaired) electrons. The smallest absolute Gasteiger partial charge is 0.416 e. The predicted molar refractivity (Wildman–Crippen MR) is 89.8 cm³/mol. The summed E-state index contributed by atoms with van der Waals surface area (Å²) >= 11 is 0. The number of likely N-dealkylation sites (N-methyl/N-ethyl adjacent to an activating group) is 1. The first-order chi connectivity index (χ1) is 12.1. The van der Waals surface area contributed by atoms with E-state index in [1.165, 1.54) is 12.1 Å². The maximum atomic E-state index is 12.7. The first-order valence-corrected chi connectivity index (χ1v) is 8.26. The highest BCUT2D eigenvalue weighted by Crippen LogP contribution is 2.30. The summed E-state index contributed by atoms with van der Waals surface area (Å²) in [5.41, 5.74) is -0.696. The highest BCUT2D eigenvalue weighted by atomic mass is 19.4. The van der Waals surface area contributed by atoms with E-state index in [-0.39, 0.29) is 30.7 Å². The molecule has 1 amide bonds. The largest absolute Gasteiger partial charge is 0.480 e. The number of hydrogen-bond donors (Lipinski definition) is 2. The summed E-state index contributed by atoms with van der Waals surface area (Å²) in [4.78, 5) is 26.5. The Morgan fingerprint density at radius 2 is 1.96 bits per heavy atom. The van der Waals surface area contributed by atoms with Crippen LogP contribution >= 0.6 is 0 Å². The Labute approximate surface area is 149 Å². The summed E-state index contributed by atoms with van der Waals surface area (Å²) in [6, 6.07) is 4.68. The molecule has 26 heavy (non-hydrogen) atoms. The molecule has 1 heterocycles. The molecule has 0 saturated carbocycles. The molecule has 0 spiro atoms. The maximum Gasteiger partial charge on any atom is 0.416 e. The second-order valence-corrected chi connectivity index (χ2v) is 6.44. The van der Waals surface area contributed by atoms with Crippen molar-refractivity contribution in [3.05, 3.63) is 29.8 Å². The number of likely N-dealkylation sites (tertiary alicyclic amines) is 1. The average Bonchev–Trinajstić information content (AvgIpc) is 2.54. The van der Waals surface area contributed by atoms with Crippen LogP contribution in [-0.4, -0.2) is 66.1 Å². The standard InChI is InChI=1S/C17H22F3N3O3/c1-22(11-16(25)26)14-5-7-23(8-6-14)10-15(24)21-13-4-2-3-12(9-13)17(18,19)20/h2-4,9,14H,5-8,10-11H2,1H3,(H,21,24)(H,25,26). The van der Waals surface area contributed by atoms with Gasteiger partial charge < -0.3 is 10.4 Å². The van der Waals surface area contributed by atoms with Crippen LogP contribution in [0.4, 0.5) is 18.9 Å². The van der Waals surface area contributed by atoms with Gasteiger partial charge in [-0.15, -0.1) is 0 Å². The highest BCUT2D eigenvalue weighted by Gasteiger charge is 2.30. The van der Waals surface area contributed by atoms with Crippen molar-refractivity contribution in [3.63, 3.8) is 0 Å². The van der Waals surface area contributed by atoms with Crippen molar-refractivity contribution in [1.82, 2.24) is 9.80 Å². The molecular weight excluding hydrogens is 351 g/mol. The van der Waals surface area contributed by atoms with E-state index in [4.69, 9.17) is 5.11 Å². The summed E-state index contributed by atoms with van der Waals surface area (Å²) in [7, 11) is 1.76. The van der Waals surface area contributed by atoms with E-state index >= 15 is 0 Å². The molecule has 1 aromatic rings. The Morgan fingerprint density at radius 1 is 1.31 bits per heavy atom. The van der Waals surface area contributed by atoms with Gasteiger partial charge in [0.1, 0.15) is 0 Å². The number of benzene rings is 1. The van der Waals surface area contributed by atoms with Gasteiger partial charge in [0, 0.05) is 24.8 Å². The summed E-state index contributed by atoms with van der Waals surface area (Å²) in [6.07, 6.45) is -2.98. The minimum absolute atomic E-state index is 0.0271. The van der Waals surface area contributed by atoms with E-state index in [9.17, 15) is 22.8 Å². The van der Waals surface area contributed by atoms with Crippen LogP contribution in [0.1, 0.15) is 18.4 Å². The number of carbonyl (C=O) groups excluding carboxylic acids is 1. The van der Waals surface area contributed by atoms with E-state index < -0.39 is 17.7 Å². The molecule has 0 aliphatic carbocycles. The van der Waals surface area contributed by atoms with Crippen molar-refractivity contribution < 1.29 is 27.9 Å². The van der Waals surface area contributed by atoms with Gasteiger partial charge in [0.05, 0.1) is 18.7 Å². The Hall–Kier alpha value is -2.13. The number of rotatable bonds is 6. The van der Waals surface area contributed by atoms with Crippen LogP contribution in [0.15, 0.2) is 24.3 Å². The number of alkyl halides is 3. The number of anilines is 1. The number of nitrogens with one attached hydrogen (secondary N) is 1. The molecule has 1 aromatic carbocycles. The number of piperidine rings is 1. The maximum absolute atomic E-state index is 12.7. The third kappa shape index (κ3) is 5.99. The van der Waals surface area contributed by atoms with E-state index in [0.29, 0.717) is 13.1 Å². The molecule has 2 N–H and O–H groups in total. The number of nitrogens with zero attached hydrogens (tertiary/aromatic N) is 2. The van der Waals surface area contributed by atoms with Crippen LogP contribution in [0.3, 0.4) is 0 Å². The number of aliphatic carboxylic acids is 1. The average molecular weight is 373 g/mol. The minimum atomic E-state index is -4.45. The van der Waals surface area contributed by atoms with Crippen molar-refractivity contribution in [2.45, 2.75) is 25.1 Å². The SMILES string of the molecule is CN(CC(=O)O)C1CCN(CC(=O)Nc2cccc(C(F)(F)F)c2)CC1. The quantitative estimate of drug-likeness (QED) is 0.799. The van der Waals surface area contributed by atoms with Crippen molar-refractivity contribution in [2.75, 3.05) is 38.5 Å². The zero-order valence-electron chi connectivity index (χ0n) is 14.4. The monoisotopic (exact) mass is 373 g/mol. The molecule has 2 rings (SSSR count). The number of halogens is 3. The number of carboxylic acid groups (broad SMARTS) is 1. The summed E-state index contributed by atoms with van der Waals surface area (Å²) in [6.45, 7) is 1.32. The number of amides is 1. The fraction of sp³-hybridized carbons (Fsp3) is 0.529. The molecule has 9 heteroatoms. The summed E-state index contributed by atoms with van der Waals surface area (Å²) < 4.78 is 38.1. The van der Waals surface area contributed by atoms with Gasteiger partial charge in [0.25, 0.3) is 0 Å². The third-order valence-corrected chi connectivity index (χ3v) is 4.41. The van der Waals surface area contributed by atoms with Crippen LogP contribution in [-0.2, 0) is 15.8 Å². The Kier molecular flexibility index (Phi) is 6.60. The minimum Gasteiger partial charge on any atom is -0.480 e. The number of carboxylic acids is 1. The van der Waals surface area contributed by atoms with Crippen LogP contribution < -0.4 is 5.32 Å². The number of carbonyl (C=O) groups is 2. The van der Waals surface area contributed by atoms with E-state index in [0.717, 1.165) is 25.0 Å². The van der Waals surface area contributed by atoms with Crippen LogP contribution in [0, 0.1) is 0 Å². The van der Waals surface area contributed by atoms with Gasteiger partial charge in [-0.1, -0.05) is 6.07 Å². The molecule has 1 fully saturated rings. The molecule has 1 aliphatic heterocycles. The molecule has 0 unspecified atom stereocenters. The van der Waals surface area contributed by atoms with Crippen LogP contribution in [0.25, 0.3) is 0 Å². The molecule has 1 saturated heterocycles. The second-order valence-electron chi connectivity index (χ2n) is 6.44. The normalized spacial score (nSPS) is 16.7. The molecule has 1 aliphatic rings. The van der Waals surface area contributed by atoms with Gasteiger partial charge in [0.15, 0.2) is 0 Å². The Morgan fingerprint density at radius 3 is 2.54 bits per heavy atom. The lowest BCUT2D eigenvalue weighted by Crippen LogP contribution is -2.46. The zero-order valence-corrected chi connectivity index (χ0v) is 14.4. The van der Waals surface area contributed by atoms with Gasteiger partial charge in [0.2, 0.25) is 5.91 Å². The van der Waals surface area contributed by atoms with Crippen LogP contribution in [0.2, 0.25) is 0 Å². The van der Waals surface area contributed by atoms with Gasteiger partial charge in [-0.25, -0.2) is 0 Å². The first-order valence-electron chi connectivity index (χ1n) is 8.26. The second kappa shape index (κ2) is 8.50. The van der Waals surface area contributed by atoms with E-state index in [2.05, 4.69) is 5.32 Å². The van der Waals surface area contributed by atoms with Gasteiger partial charge >= 0.3 is 12.1 Å². The van der Waals surface area contributed by atoms with E-state index in [1.807, 2.05) is 4.90 Å². The van der Waals surface area contributed by atoms with Crippen molar-refractivity contribution >= 4 is 17.6 Å². The fourth-order valence-electron chi connectivity index (χ4n) is 3.04. The van der Waals surface area contributed by atoms with Crippen molar-refractivity contribution in [1.29, 1.82) is 0 Å². The predicted octanol–water partition coefficient (Wildman–Crippen LogP) is 2.12. The Bertz CT molecular complexity index is 644. The van der Waals surface area contributed by atoms with Gasteiger partial charge in [-0.05, 0) is 38.1 Å². The van der Waals surface area contributed by atoms with Crippen molar-refractivity contribution in [2.24, 2.45) is 0 Å². The summed E-state index contributed by atoms with van der Waals surface area (Å²) in [5, 5.41) is 11.3. The molecule has 0 bridgehead atoms. The highest BCUT2D eigenvalue weighted by molar-refractivity contribution is 5.92. The summed E-state index contributed by atoms with van der Waals surface area (Å²) in [5.74, 6) is -1.25. The topological polar surface area (TPSA) is 72.9 Å². The molecule has 6 nitrogen and oxygen atoms in total. The lowest BCUT2D eigenvalue weighted by molar-refractivity contribution is -0.139. The van der Waals surface area contributed by atoms with Crippen molar-refractivity contribution in [3.8, 4) is 0 Å². The number of hydrogen-bond acceptors (Lipinski definition) is 4. The van der Waals surface area contributed by atoms with Crippen LogP contribution in [0.5, 0.6) is 0 Å². The van der Waals surface area contributed by atoms with E-state index in [1.54, 1.807) is 11.9 Å². The van der Waals surface area contributed by atoms with Gasteiger partial charge in [-0.3, -0.25) is 19.4 Å². The first kappa shape index (κ1) is 20.2. The van der Waals surface area contributed by atoms with Gasteiger partial charge in [-0.2, -0.15) is 13.2 Å². The molecule has 144 valence electrons. The lowest BCUT2D eigenvalue weighted by Gasteiger charge is -2.35. The third-order valence-electron chi connectivity index (χ3n) is 4.41. The Balaban J connectivity index is 1.82. The molecular formula is C17H22F3N3O3. The molecule has 0 aromatic heterocycles. The fourth-order valence-corrected chi connectivity index (χ4v) is 3.04.